The minimum absolute atomic E-state index is 0.0109. The molecule has 2 N–H and O–H groups in total. The van der Waals surface area contributed by atoms with E-state index in [1.807, 2.05) is 0 Å². The highest BCUT2D eigenvalue weighted by molar-refractivity contribution is 5.94. The molecule has 1 saturated carbocycles. The van der Waals surface area contributed by atoms with E-state index in [1.54, 1.807) is 18.2 Å². The molecule has 2 rings (SSSR count). The van der Waals surface area contributed by atoms with Crippen molar-refractivity contribution in [3.63, 3.8) is 0 Å². The summed E-state index contributed by atoms with van der Waals surface area (Å²) in [6.45, 7) is 3.18. The smallest absolute Gasteiger partial charge is 0.159 e. The van der Waals surface area contributed by atoms with Crippen molar-refractivity contribution >= 4 is 5.78 Å². The number of hydrogen-bond donors (Lipinski definition) is 2. The van der Waals surface area contributed by atoms with Gasteiger partial charge >= 0.3 is 0 Å². The number of rotatable bonds is 7. The van der Waals surface area contributed by atoms with Crippen LogP contribution < -0.4 is 0 Å². The van der Waals surface area contributed by atoms with Crippen molar-refractivity contribution in [3.05, 3.63) is 29.3 Å². The highest BCUT2D eigenvalue weighted by Gasteiger charge is 2.25. The molecule has 1 fully saturated rings. The number of aliphatic hydroxyl groups is 1. The van der Waals surface area contributed by atoms with Crippen LogP contribution in [0.3, 0.4) is 0 Å². The summed E-state index contributed by atoms with van der Waals surface area (Å²) in [4.78, 5) is 13.7. The third-order valence-electron chi connectivity index (χ3n) is 4.05. The lowest BCUT2D eigenvalue weighted by atomic mass is 9.90. The van der Waals surface area contributed by atoms with Crippen molar-refractivity contribution in [2.24, 2.45) is 0 Å². The van der Waals surface area contributed by atoms with E-state index < -0.39 is 0 Å². The van der Waals surface area contributed by atoms with Gasteiger partial charge in [0, 0.05) is 36.9 Å². The lowest BCUT2D eigenvalue weighted by Gasteiger charge is -2.37. The number of carbonyl (C=O) groups is 1. The summed E-state index contributed by atoms with van der Waals surface area (Å²) in [6, 6.07) is 5.57. The number of phenols is 1. The molecule has 0 aliphatic heterocycles. The maximum atomic E-state index is 11.4. The van der Waals surface area contributed by atoms with E-state index in [0.717, 1.165) is 18.5 Å². The average molecular weight is 277 g/mol. The highest BCUT2D eigenvalue weighted by Crippen LogP contribution is 2.28. The molecule has 0 unspecified atom stereocenters. The van der Waals surface area contributed by atoms with Gasteiger partial charge in [-0.2, -0.15) is 0 Å². The normalized spacial score (nSPS) is 15.3. The van der Waals surface area contributed by atoms with Crippen LogP contribution in [0.4, 0.5) is 0 Å². The maximum Gasteiger partial charge on any atom is 0.159 e. The molecule has 1 aliphatic rings. The average Bonchev–Trinajstić information content (AvgIpc) is 2.36. The van der Waals surface area contributed by atoms with Crippen LogP contribution in [0.25, 0.3) is 0 Å². The predicted octanol–water partition coefficient (Wildman–Crippen LogP) is 2.33. The van der Waals surface area contributed by atoms with E-state index in [0.29, 0.717) is 18.2 Å². The van der Waals surface area contributed by atoms with Gasteiger partial charge in [-0.3, -0.25) is 9.69 Å². The van der Waals surface area contributed by atoms with E-state index in [9.17, 15) is 9.90 Å². The fourth-order valence-corrected chi connectivity index (χ4v) is 2.57. The van der Waals surface area contributed by atoms with Crippen molar-refractivity contribution < 1.29 is 15.0 Å². The van der Waals surface area contributed by atoms with E-state index in [1.165, 1.54) is 26.2 Å². The Hall–Kier alpha value is -1.39. The van der Waals surface area contributed by atoms with Crippen LogP contribution in [0.15, 0.2) is 18.2 Å². The Bertz CT molecular complexity index is 469. The number of hydrogen-bond acceptors (Lipinski definition) is 4. The zero-order valence-corrected chi connectivity index (χ0v) is 12.0. The van der Waals surface area contributed by atoms with E-state index in [2.05, 4.69) is 4.90 Å². The standard InChI is InChI=1S/C16H23NO3/c1-12(19)13-6-7-16(20)14(10-13)11-17(8-3-9-18)15-4-2-5-15/h6-7,10,15,18,20H,2-5,8-9,11H2,1H3. The SMILES string of the molecule is CC(=O)c1ccc(O)c(CN(CCCO)C2CCC2)c1. The third kappa shape index (κ3) is 3.58. The molecule has 1 aromatic rings. The number of aliphatic hydroxyl groups excluding tert-OH is 1. The third-order valence-corrected chi connectivity index (χ3v) is 4.05. The summed E-state index contributed by atoms with van der Waals surface area (Å²) in [7, 11) is 0. The molecule has 1 aliphatic carbocycles. The lowest BCUT2D eigenvalue weighted by Crippen LogP contribution is -2.40. The molecule has 0 atom stereocenters. The molecular formula is C16H23NO3. The Morgan fingerprint density at radius 2 is 2.15 bits per heavy atom. The Morgan fingerprint density at radius 3 is 2.70 bits per heavy atom. The van der Waals surface area contributed by atoms with Crippen molar-refractivity contribution in [1.29, 1.82) is 0 Å². The monoisotopic (exact) mass is 277 g/mol. The fraction of sp³-hybridized carbons (Fsp3) is 0.562. The van der Waals surface area contributed by atoms with Crippen molar-refractivity contribution in [2.45, 2.75) is 45.2 Å². The molecule has 4 heteroatoms. The van der Waals surface area contributed by atoms with Crippen molar-refractivity contribution in [2.75, 3.05) is 13.2 Å². The molecule has 0 radical (unpaired) electrons. The first kappa shape index (κ1) is 15.0. The Morgan fingerprint density at radius 1 is 1.40 bits per heavy atom. The van der Waals surface area contributed by atoms with Gasteiger partial charge in [-0.15, -0.1) is 0 Å². The zero-order chi connectivity index (χ0) is 14.5. The van der Waals surface area contributed by atoms with E-state index >= 15 is 0 Å². The second kappa shape index (κ2) is 6.86. The Kier molecular flexibility index (Phi) is 5.15. The number of benzene rings is 1. The summed E-state index contributed by atoms with van der Waals surface area (Å²) in [5.74, 6) is 0.250. The van der Waals surface area contributed by atoms with Gasteiger partial charge in [-0.05, 0) is 44.4 Å². The first-order chi connectivity index (χ1) is 9.61. The second-order valence-corrected chi connectivity index (χ2v) is 5.53. The molecule has 1 aromatic carbocycles. The van der Waals surface area contributed by atoms with Gasteiger partial charge < -0.3 is 10.2 Å². The number of Topliss-reactive ketones (excluding diaryl/α,β-unsaturated/α-hetero) is 1. The molecule has 0 saturated heterocycles. The fourth-order valence-electron chi connectivity index (χ4n) is 2.57. The first-order valence-electron chi connectivity index (χ1n) is 7.29. The number of ketones is 1. The summed E-state index contributed by atoms with van der Waals surface area (Å²) in [5, 5.41) is 19.0. The Balaban J connectivity index is 2.12. The van der Waals surface area contributed by atoms with Gasteiger partial charge in [0.2, 0.25) is 0 Å². The van der Waals surface area contributed by atoms with Crippen molar-refractivity contribution in [1.82, 2.24) is 4.90 Å². The van der Waals surface area contributed by atoms with Crippen LogP contribution in [0.1, 0.15) is 48.5 Å². The summed E-state index contributed by atoms with van der Waals surface area (Å²) >= 11 is 0. The number of phenolic OH excluding ortho intramolecular Hbond substituents is 1. The van der Waals surface area contributed by atoms with Crippen LogP contribution in [0.2, 0.25) is 0 Å². The maximum absolute atomic E-state index is 11.4. The van der Waals surface area contributed by atoms with Crippen molar-refractivity contribution in [3.8, 4) is 5.75 Å². The van der Waals surface area contributed by atoms with E-state index in [-0.39, 0.29) is 18.1 Å². The van der Waals surface area contributed by atoms with Crippen LogP contribution >= 0.6 is 0 Å². The van der Waals surface area contributed by atoms with Gasteiger partial charge in [0.1, 0.15) is 5.75 Å². The van der Waals surface area contributed by atoms with E-state index in [4.69, 9.17) is 5.11 Å². The molecule has 110 valence electrons. The number of carbonyl (C=O) groups excluding carboxylic acids is 1. The number of aromatic hydroxyl groups is 1. The molecule has 0 amide bonds. The molecular weight excluding hydrogens is 254 g/mol. The lowest BCUT2D eigenvalue weighted by molar-refractivity contribution is 0.101. The summed E-state index contributed by atoms with van der Waals surface area (Å²) in [6.07, 6.45) is 4.35. The predicted molar refractivity (Wildman–Crippen MR) is 77.9 cm³/mol. The Labute approximate surface area is 120 Å². The van der Waals surface area contributed by atoms with Gasteiger partial charge in [-0.1, -0.05) is 6.42 Å². The molecule has 0 spiro atoms. The van der Waals surface area contributed by atoms with Gasteiger partial charge in [0.15, 0.2) is 5.78 Å². The first-order valence-corrected chi connectivity index (χ1v) is 7.29. The number of nitrogens with zero attached hydrogens (tertiary/aromatic N) is 1. The topological polar surface area (TPSA) is 60.8 Å². The molecule has 0 heterocycles. The van der Waals surface area contributed by atoms with Crippen LogP contribution in [0.5, 0.6) is 5.75 Å². The van der Waals surface area contributed by atoms with Crippen LogP contribution in [-0.2, 0) is 6.54 Å². The van der Waals surface area contributed by atoms with Gasteiger partial charge in [0.05, 0.1) is 0 Å². The summed E-state index contributed by atoms with van der Waals surface area (Å²) < 4.78 is 0. The van der Waals surface area contributed by atoms with Crippen LogP contribution in [-0.4, -0.2) is 40.1 Å². The zero-order valence-electron chi connectivity index (χ0n) is 12.0. The summed E-state index contributed by atoms with van der Waals surface area (Å²) in [5.41, 5.74) is 1.43. The van der Waals surface area contributed by atoms with Crippen LogP contribution in [0, 0.1) is 0 Å². The highest BCUT2D eigenvalue weighted by atomic mass is 16.3. The quantitative estimate of drug-likeness (QED) is 0.751. The minimum atomic E-state index is 0.0109. The molecule has 20 heavy (non-hydrogen) atoms. The molecule has 4 nitrogen and oxygen atoms in total. The molecule has 0 bridgehead atoms. The van der Waals surface area contributed by atoms with Gasteiger partial charge in [0.25, 0.3) is 0 Å². The largest absolute Gasteiger partial charge is 0.508 e. The van der Waals surface area contributed by atoms with Gasteiger partial charge in [-0.25, -0.2) is 0 Å². The molecule has 0 aromatic heterocycles. The second-order valence-electron chi connectivity index (χ2n) is 5.53. The minimum Gasteiger partial charge on any atom is -0.508 e.